The van der Waals surface area contributed by atoms with Gasteiger partial charge < -0.3 is 9.47 Å². The Morgan fingerprint density at radius 3 is 1.62 bits per heavy atom. The summed E-state index contributed by atoms with van der Waals surface area (Å²) in [4.78, 5) is 13.2. The van der Waals surface area contributed by atoms with Crippen molar-refractivity contribution in [3.63, 3.8) is 0 Å². The van der Waals surface area contributed by atoms with Gasteiger partial charge in [0.15, 0.2) is 6.10 Å². The van der Waals surface area contributed by atoms with E-state index >= 15 is 0 Å². The average molecular weight is 380 g/mol. The highest BCUT2D eigenvalue weighted by Crippen LogP contribution is 2.28. The molecule has 0 aliphatic carbocycles. The van der Waals surface area contributed by atoms with Gasteiger partial charge in [0.05, 0.1) is 0 Å². The molecule has 3 heteroatoms. The minimum atomic E-state index is -0.745. The van der Waals surface area contributed by atoms with Crippen LogP contribution in [0.1, 0.15) is 22.0 Å². The van der Waals surface area contributed by atoms with Gasteiger partial charge in [-0.1, -0.05) is 78.9 Å². The second-order valence-electron chi connectivity index (χ2n) is 6.53. The van der Waals surface area contributed by atoms with Crippen LogP contribution in [-0.4, -0.2) is 5.78 Å². The summed E-state index contributed by atoms with van der Waals surface area (Å²) in [6.07, 6.45) is -0.745. The molecule has 1 atom stereocenters. The lowest BCUT2D eigenvalue weighted by molar-refractivity contribution is 0.0792. The van der Waals surface area contributed by atoms with E-state index in [1.54, 1.807) is 12.1 Å². The van der Waals surface area contributed by atoms with Crippen LogP contribution in [0.2, 0.25) is 0 Å². The first-order valence-electron chi connectivity index (χ1n) is 9.43. The Morgan fingerprint density at radius 2 is 1.03 bits per heavy atom. The number of carbonyl (C=O) groups excluding carboxylic acids is 1. The molecule has 0 saturated carbocycles. The van der Waals surface area contributed by atoms with E-state index < -0.39 is 6.10 Å². The van der Waals surface area contributed by atoms with E-state index in [4.69, 9.17) is 9.47 Å². The highest BCUT2D eigenvalue weighted by atomic mass is 16.5. The summed E-state index contributed by atoms with van der Waals surface area (Å²) in [5.74, 6) is 2.01. The molecule has 0 N–H and O–H groups in total. The van der Waals surface area contributed by atoms with Crippen molar-refractivity contribution in [1.82, 2.24) is 0 Å². The van der Waals surface area contributed by atoms with Crippen LogP contribution in [0.5, 0.6) is 17.2 Å². The van der Waals surface area contributed by atoms with Gasteiger partial charge >= 0.3 is 0 Å². The largest absolute Gasteiger partial charge is 0.478 e. The summed E-state index contributed by atoms with van der Waals surface area (Å²) < 4.78 is 11.9. The molecule has 1 unspecified atom stereocenters. The van der Waals surface area contributed by atoms with Crippen LogP contribution in [-0.2, 0) is 0 Å². The molecule has 4 aromatic rings. The Morgan fingerprint density at radius 1 is 0.552 bits per heavy atom. The monoisotopic (exact) mass is 380 g/mol. The molecule has 3 nitrogen and oxygen atoms in total. The SMILES string of the molecule is O=C(c1ccccc1)C(Oc1ccccc1)c1ccc(Oc2ccccc2)cc1. The molecule has 0 saturated heterocycles. The van der Waals surface area contributed by atoms with Gasteiger partial charge in [-0.2, -0.15) is 0 Å². The summed E-state index contributed by atoms with van der Waals surface area (Å²) in [7, 11) is 0. The van der Waals surface area contributed by atoms with Crippen molar-refractivity contribution in [2.75, 3.05) is 0 Å². The van der Waals surface area contributed by atoms with Crippen molar-refractivity contribution in [2.24, 2.45) is 0 Å². The maximum atomic E-state index is 13.2. The molecule has 0 aliphatic rings. The highest BCUT2D eigenvalue weighted by Gasteiger charge is 2.24. The van der Waals surface area contributed by atoms with E-state index in [1.807, 2.05) is 103 Å². The third kappa shape index (κ3) is 4.71. The first kappa shape index (κ1) is 18.5. The fraction of sp³-hybridized carbons (Fsp3) is 0.0385. The highest BCUT2D eigenvalue weighted by molar-refractivity contribution is 6.00. The zero-order valence-electron chi connectivity index (χ0n) is 15.8. The fourth-order valence-electron chi connectivity index (χ4n) is 3.00. The minimum absolute atomic E-state index is 0.0915. The maximum absolute atomic E-state index is 13.2. The van der Waals surface area contributed by atoms with Gasteiger partial charge in [0.25, 0.3) is 0 Å². The maximum Gasteiger partial charge on any atom is 0.207 e. The Hall–Kier alpha value is -3.85. The molecule has 0 amide bonds. The number of rotatable bonds is 7. The van der Waals surface area contributed by atoms with E-state index in [9.17, 15) is 4.79 Å². The molecular formula is C26H20O3. The molecule has 0 aromatic heterocycles. The molecule has 0 aliphatic heterocycles. The standard InChI is InChI=1S/C26H20O3/c27-25(20-10-4-1-5-11-20)26(29-23-14-8-3-9-15-23)21-16-18-24(19-17-21)28-22-12-6-2-7-13-22/h1-19,26H. The van der Waals surface area contributed by atoms with Gasteiger partial charge in [-0.25, -0.2) is 0 Å². The van der Waals surface area contributed by atoms with Crippen LogP contribution in [0.3, 0.4) is 0 Å². The van der Waals surface area contributed by atoms with E-state index in [1.165, 1.54) is 0 Å². The average Bonchev–Trinajstić information content (AvgIpc) is 2.80. The summed E-state index contributed by atoms with van der Waals surface area (Å²) >= 11 is 0. The number of ether oxygens (including phenoxy) is 2. The molecule has 4 rings (SSSR count). The van der Waals surface area contributed by atoms with Gasteiger partial charge in [-0.3, -0.25) is 4.79 Å². The van der Waals surface area contributed by atoms with Gasteiger partial charge in [0, 0.05) is 11.1 Å². The van der Waals surface area contributed by atoms with Crippen LogP contribution in [0.25, 0.3) is 0 Å². The number of para-hydroxylation sites is 2. The second-order valence-corrected chi connectivity index (χ2v) is 6.53. The van der Waals surface area contributed by atoms with E-state index in [0.717, 1.165) is 11.3 Å². The second kappa shape index (κ2) is 8.89. The first-order valence-corrected chi connectivity index (χ1v) is 9.43. The normalized spacial score (nSPS) is 11.4. The summed E-state index contributed by atoms with van der Waals surface area (Å²) in [5.41, 5.74) is 1.38. The van der Waals surface area contributed by atoms with Gasteiger partial charge in [-0.05, 0) is 36.4 Å². The Labute approximate surface area is 170 Å². The van der Waals surface area contributed by atoms with E-state index in [0.29, 0.717) is 17.1 Å². The van der Waals surface area contributed by atoms with Crippen molar-refractivity contribution in [1.29, 1.82) is 0 Å². The topological polar surface area (TPSA) is 35.5 Å². The first-order chi connectivity index (χ1) is 14.3. The van der Waals surface area contributed by atoms with Gasteiger partial charge in [0.2, 0.25) is 5.78 Å². The Bertz CT molecular complexity index is 1040. The zero-order valence-corrected chi connectivity index (χ0v) is 15.8. The Kier molecular flexibility index (Phi) is 5.68. The van der Waals surface area contributed by atoms with Gasteiger partial charge in [-0.15, -0.1) is 0 Å². The third-order valence-corrected chi connectivity index (χ3v) is 4.46. The molecular weight excluding hydrogens is 360 g/mol. The number of Topliss-reactive ketones (excluding diaryl/α,β-unsaturated/α-hetero) is 1. The third-order valence-electron chi connectivity index (χ3n) is 4.46. The van der Waals surface area contributed by atoms with Crippen molar-refractivity contribution in [2.45, 2.75) is 6.10 Å². The van der Waals surface area contributed by atoms with Crippen molar-refractivity contribution in [3.05, 3.63) is 126 Å². The molecule has 0 bridgehead atoms. The lowest BCUT2D eigenvalue weighted by Crippen LogP contribution is -2.19. The molecule has 142 valence electrons. The smallest absolute Gasteiger partial charge is 0.207 e. The summed E-state index contributed by atoms with van der Waals surface area (Å²) in [6.45, 7) is 0. The predicted octanol–water partition coefficient (Wildman–Crippen LogP) is 6.48. The number of hydrogen-bond donors (Lipinski definition) is 0. The zero-order chi connectivity index (χ0) is 19.9. The number of hydrogen-bond acceptors (Lipinski definition) is 3. The van der Waals surface area contributed by atoms with Crippen LogP contribution in [0.4, 0.5) is 0 Å². The van der Waals surface area contributed by atoms with Crippen molar-refractivity contribution in [3.8, 4) is 17.2 Å². The number of ketones is 1. The van der Waals surface area contributed by atoms with Crippen molar-refractivity contribution < 1.29 is 14.3 Å². The molecule has 4 aromatic carbocycles. The molecule has 29 heavy (non-hydrogen) atoms. The van der Waals surface area contributed by atoms with E-state index in [-0.39, 0.29) is 5.78 Å². The van der Waals surface area contributed by atoms with Gasteiger partial charge in [0.1, 0.15) is 17.2 Å². The van der Waals surface area contributed by atoms with Crippen LogP contribution >= 0.6 is 0 Å². The lowest BCUT2D eigenvalue weighted by atomic mass is 9.99. The van der Waals surface area contributed by atoms with Crippen LogP contribution < -0.4 is 9.47 Å². The predicted molar refractivity (Wildman–Crippen MR) is 114 cm³/mol. The van der Waals surface area contributed by atoms with Crippen molar-refractivity contribution >= 4 is 5.78 Å². The molecule has 0 radical (unpaired) electrons. The number of benzene rings is 4. The minimum Gasteiger partial charge on any atom is -0.478 e. The van der Waals surface area contributed by atoms with E-state index in [2.05, 4.69) is 0 Å². The quantitative estimate of drug-likeness (QED) is 0.344. The lowest BCUT2D eigenvalue weighted by Gasteiger charge is -2.19. The van der Waals surface area contributed by atoms with Crippen LogP contribution in [0.15, 0.2) is 115 Å². The number of carbonyl (C=O) groups is 1. The molecule has 0 fully saturated rings. The summed E-state index contributed by atoms with van der Waals surface area (Å²) in [5, 5.41) is 0. The molecule has 0 spiro atoms. The molecule has 0 heterocycles. The summed E-state index contributed by atoms with van der Waals surface area (Å²) in [6, 6.07) is 35.6. The van der Waals surface area contributed by atoms with Crippen LogP contribution in [0, 0.1) is 0 Å². The fourth-order valence-corrected chi connectivity index (χ4v) is 3.00. The Balaban J connectivity index is 1.61.